The maximum absolute atomic E-state index is 12.4. The number of amides is 1. The first-order valence-corrected chi connectivity index (χ1v) is 6.77. The zero-order valence-electron chi connectivity index (χ0n) is 11.6. The van der Waals surface area contributed by atoms with Gasteiger partial charge in [-0.15, -0.1) is 0 Å². The second kappa shape index (κ2) is 7.24. The molecule has 0 fully saturated rings. The minimum atomic E-state index is -1.01. The van der Waals surface area contributed by atoms with Crippen LogP contribution in [0.25, 0.3) is 0 Å². The van der Waals surface area contributed by atoms with Crippen LogP contribution >= 0.6 is 0 Å². The Morgan fingerprint density at radius 2 is 1.48 bits per heavy atom. The van der Waals surface area contributed by atoms with Gasteiger partial charge in [0.15, 0.2) is 0 Å². The summed E-state index contributed by atoms with van der Waals surface area (Å²) in [5.74, 6) is -1.26. The molecule has 2 aromatic carbocycles. The molecule has 0 aliphatic rings. The van der Waals surface area contributed by atoms with E-state index >= 15 is 0 Å². The van der Waals surface area contributed by atoms with Crippen molar-refractivity contribution in [2.75, 3.05) is 13.1 Å². The number of carboxylic acid groups (broad SMARTS) is 1. The first-order valence-electron chi connectivity index (χ1n) is 6.77. The van der Waals surface area contributed by atoms with Crippen LogP contribution in [-0.2, 0) is 11.2 Å². The Hall–Kier alpha value is -2.62. The standard InChI is InChI=1S/C17H17NO3/c19-16(20)13-18(12-11-14-7-3-1-4-8-14)17(21)15-9-5-2-6-10-15/h1-10H,11-13H2,(H,19,20). The molecule has 0 bridgehead atoms. The zero-order valence-corrected chi connectivity index (χ0v) is 11.6. The quantitative estimate of drug-likeness (QED) is 0.886. The lowest BCUT2D eigenvalue weighted by Crippen LogP contribution is -2.37. The lowest BCUT2D eigenvalue weighted by molar-refractivity contribution is -0.137. The average molecular weight is 283 g/mol. The highest BCUT2D eigenvalue weighted by Crippen LogP contribution is 2.07. The van der Waals surface area contributed by atoms with Crippen molar-refractivity contribution in [1.82, 2.24) is 4.90 Å². The molecule has 4 nitrogen and oxygen atoms in total. The van der Waals surface area contributed by atoms with Crippen molar-refractivity contribution in [2.24, 2.45) is 0 Å². The molecule has 2 rings (SSSR count). The number of carbonyl (C=O) groups is 2. The predicted octanol–water partition coefficient (Wildman–Crippen LogP) is 2.46. The number of rotatable bonds is 6. The Morgan fingerprint density at radius 3 is 2.05 bits per heavy atom. The molecule has 1 N–H and O–H groups in total. The van der Waals surface area contributed by atoms with Crippen LogP contribution in [0, 0.1) is 0 Å². The van der Waals surface area contributed by atoms with E-state index in [0.717, 1.165) is 5.56 Å². The van der Waals surface area contributed by atoms with Crippen molar-refractivity contribution in [2.45, 2.75) is 6.42 Å². The van der Waals surface area contributed by atoms with E-state index in [1.54, 1.807) is 24.3 Å². The highest BCUT2D eigenvalue weighted by molar-refractivity contribution is 5.95. The summed E-state index contributed by atoms with van der Waals surface area (Å²) in [6, 6.07) is 18.5. The first kappa shape index (κ1) is 14.8. The van der Waals surface area contributed by atoms with Crippen LogP contribution in [0.3, 0.4) is 0 Å². The summed E-state index contributed by atoms with van der Waals surface area (Å²) in [5, 5.41) is 8.98. The van der Waals surface area contributed by atoms with Crippen molar-refractivity contribution >= 4 is 11.9 Å². The Labute approximate surface area is 123 Å². The fourth-order valence-corrected chi connectivity index (χ4v) is 2.09. The molecule has 0 aliphatic carbocycles. The van der Waals surface area contributed by atoms with Gasteiger partial charge < -0.3 is 10.0 Å². The molecule has 0 heterocycles. The number of benzene rings is 2. The molecule has 0 saturated heterocycles. The Kier molecular flexibility index (Phi) is 5.10. The molecule has 21 heavy (non-hydrogen) atoms. The molecule has 0 radical (unpaired) electrons. The van der Waals surface area contributed by atoms with E-state index in [1.165, 1.54) is 4.90 Å². The van der Waals surface area contributed by atoms with Crippen molar-refractivity contribution < 1.29 is 14.7 Å². The molecule has 0 saturated carbocycles. The number of nitrogens with zero attached hydrogens (tertiary/aromatic N) is 1. The third kappa shape index (κ3) is 4.45. The predicted molar refractivity (Wildman–Crippen MR) is 80.1 cm³/mol. The van der Waals surface area contributed by atoms with Crippen LogP contribution in [0.5, 0.6) is 0 Å². The Balaban J connectivity index is 2.07. The van der Waals surface area contributed by atoms with Gasteiger partial charge in [0.2, 0.25) is 0 Å². The van der Waals surface area contributed by atoms with Crippen molar-refractivity contribution in [3.8, 4) is 0 Å². The van der Waals surface area contributed by atoms with Gasteiger partial charge in [-0.2, -0.15) is 0 Å². The molecule has 4 heteroatoms. The molecule has 0 atom stereocenters. The highest BCUT2D eigenvalue weighted by atomic mass is 16.4. The van der Waals surface area contributed by atoms with Gasteiger partial charge in [0.1, 0.15) is 6.54 Å². The van der Waals surface area contributed by atoms with Crippen molar-refractivity contribution in [3.05, 3.63) is 71.8 Å². The molecule has 0 spiro atoms. The molecular formula is C17H17NO3. The minimum Gasteiger partial charge on any atom is -0.480 e. The number of carbonyl (C=O) groups excluding carboxylic acids is 1. The molecule has 0 aromatic heterocycles. The smallest absolute Gasteiger partial charge is 0.323 e. The van der Waals surface area contributed by atoms with Gasteiger partial charge in [-0.25, -0.2) is 0 Å². The second-order valence-electron chi connectivity index (χ2n) is 4.72. The maximum atomic E-state index is 12.4. The minimum absolute atomic E-state index is 0.256. The maximum Gasteiger partial charge on any atom is 0.323 e. The van der Waals surface area contributed by atoms with Gasteiger partial charge in [-0.05, 0) is 24.1 Å². The van der Waals surface area contributed by atoms with Gasteiger partial charge in [0.25, 0.3) is 5.91 Å². The number of aliphatic carboxylic acids is 1. The lowest BCUT2D eigenvalue weighted by Gasteiger charge is -2.20. The van der Waals surface area contributed by atoms with Crippen LogP contribution in [0.15, 0.2) is 60.7 Å². The van der Waals surface area contributed by atoms with E-state index in [1.807, 2.05) is 36.4 Å². The largest absolute Gasteiger partial charge is 0.480 e. The summed E-state index contributed by atoms with van der Waals surface area (Å²) >= 11 is 0. The summed E-state index contributed by atoms with van der Waals surface area (Å²) < 4.78 is 0. The number of hydrogen-bond acceptors (Lipinski definition) is 2. The summed E-state index contributed by atoms with van der Waals surface area (Å²) in [5.41, 5.74) is 1.58. The summed E-state index contributed by atoms with van der Waals surface area (Å²) in [7, 11) is 0. The topological polar surface area (TPSA) is 57.6 Å². The fourth-order valence-electron chi connectivity index (χ4n) is 2.09. The van der Waals surface area contributed by atoms with Gasteiger partial charge in [-0.1, -0.05) is 48.5 Å². The third-order valence-corrected chi connectivity index (χ3v) is 3.15. The number of hydrogen-bond donors (Lipinski definition) is 1. The van der Waals surface area contributed by atoms with Gasteiger partial charge in [0, 0.05) is 12.1 Å². The van der Waals surface area contributed by atoms with E-state index in [0.29, 0.717) is 18.5 Å². The molecule has 0 unspecified atom stereocenters. The highest BCUT2D eigenvalue weighted by Gasteiger charge is 2.18. The van der Waals surface area contributed by atoms with E-state index in [4.69, 9.17) is 5.11 Å². The molecule has 2 aromatic rings. The SMILES string of the molecule is O=C(O)CN(CCc1ccccc1)C(=O)c1ccccc1. The molecular weight excluding hydrogens is 266 g/mol. The van der Waals surface area contributed by atoms with Crippen LogP contribution in [0.2, 0.25) is 0 Å². The van der Waals surface area contributed by atoms with Crippen LogP contribution in [-0.4, -0.2) is 35.0 Å². The third-order valence-electron chi connectivity index (χ3n) is 3.15. The van der Waals surface area contributed by atoms with Crippen LogP contribution < -0.4 is 0 Å². The van der Waals surface area contributed by atoms with Gasteiger partial charge in [0.05, 0.1) is 0 Å². The van der Waals surface area contributed by atoms with E-state index in [2.05, 4.69) is 0 Å². The summed E-state index contributed by atoms with van der Waals surface area (Å²) in [4.78, 5) is 24.7. The monoisotopic (exact) mass is 283 g/mol. The second-order valence-corrected chi connectivity index (χ2v) is 4.72. The first-order chi connectivity index (χ1) is 10.2. The Morgan fingerprint density at radius 1 is 0.905 bits per heavy atom. The van der Waals surface area contributed by atoms with Crippen molar-refractivity contribution in [1.29, 1.82) is 0 Å². The zero-order chi connectivity index (χ0) is 15.1. The van der Waals surface area contributed by atoms with Crippen molar-refractivity contribution in [3.63, 3.8) is 0 Å². The fraction of sp³-hybridized carbons (Fsp3) is 0.176. The van der Waals surface area contributed by atoms with E-state index in [9.17, 15) is 9.59 Å². The normalized spacial score (nSPS) is 10.1. The average Bonchev–Trinajstić information content (AvgIpc) is 2.52. The van der Waals surface area contributed by atoms with Crippen LogP contribution in [0.4, 0.5) is 0 Å². The Bertz CT molecular complexity index is 596. The van der Waals surface area contributed by atoms with E-state index < -0.39 is 5.97 Å². The van der Waals surface area contributed by atoms with Gasteiger partial charge in [-0.3, -0.25) is 9.59 Å². The van der Waals surface area contributed by atoms with E-state index in [-0.39, 0.29) is 12.5 Å². The van der Waals surface area contributed by atoms with Gasteiger partial charge >= 0.3 is 5.97 Å². The number of carboxylic acids is 1. The molecule has 0 aliphatic heterocycles. The summed E-state index contributed by atoms with van der Waals surface area (Å²) in [6.07, 6.45) is 0.632. The molecule has 108 valence electrons. The lowest BCUT2D eigenvalue weighted by atomic mass is 10.1. The summed E-state index contributed by atoms with van der Waals surface area (Å²) in [6.45, 7) is 0.0879. The molecule has 1 amide bonds. The van der Waals surface area contributed by atoms with Crippen LogP contribution in [0.1, 0.15) is 15.9 Å².